The number of anilines is 1. The molecule has 1 heterocycles. The van der Waals surface area contributed by atoms with E-state index in [2.05, 4.69) is 53.6 Å². The van der Waals surface area contributed by atoms with Crippen LogP contribution in [0.4, 0.5) is 5.69 Å². The van der Waals surface area contributed by atoms with Crippen molar-refractivity contribution in [3.63, 3.8) is 0 Å². The van der Waals surface area contributed by atoms with Crippen LogP contribution in [0.15, 0.2) is 60.7 Å². The maximum atomic E-state index is 12.3. The lowest BCUT2D eigenvalue weighted by Crippen LogP contribution is -2.92. The molecule has 0 saturated carbocycles. The quantitative estimate of drug-likeness (QED) is 0.940. The number of carbonyl (C=O) groups is 1. The number of hydrogen-bond donors (Lipinski definition) is 1. The molecule has 2 atom stereocenters. The van der Waals surface area contributed by atoms with E-state index in [0.717, 1.165) is 18.7 Å². The molecule has 120 valence electrons. The van der Waals surface area contributed by atoms with E-state index < -0.39 is 0 Å². The van der Waals surface area contributed by atoms with Crippen molar-refractivity contribution in [2.24, 2.45) is 0 Å². The highest BCUT2D eigenvalue weighted by Crippen LogP contribution is 2.28. The number of quaternary nitrogens is 1. The Morgan fingerprint density at radius 2 is 1.70 bits per heavy atom. The van der Waals surface area contributed by atoms with E-state index in [9.17, 15) is 4.79 Å². The van der Waals surface area contributed by atoms with Crippen LogP contribution in [0.2, 0.25) is 0 Å². The summed E-state index contributed by atoms with van der Waals surface area (Å²) in [6, 6.07) is 20.9. The standard InChI is InChI=1S/C19H23N3O/c1-15-13-19(20-14-17-9-5-3-6-10-17)22(16(2)23)21(15)18-11-7-4-8-12-18/h3-12,15,19-20H,13-14H2,1-2H3/p+1/t15-,19-/m1/s1. The van der Waals surface area contributed by atoms with Gasteiger partial charge in [-0.15, -0.1) is 0 Å². The lowest BCUT2D eigenvalue weighted by atomic mass is 10.2. The molecule has 0 aliphatic carbocycles. The molecule has 0 unspecified atom stereocenters. The third kappa shape index (κ3) is 3.37. The summed E-state index contributed by atoms with van der Waals surface area (Å²) in [5.74, 6) is 0.0903. The van der Waals surface area contributed by atoms with Gasteiger partial charge in [0.15, 0.2) is 6.17 Å². The molecule has 3 rings (SSSR count). The Morgan fingerprint density at radius 3 is 2.30 bits per heavy atom. The molecule has 0 spiro atoms. The second kappa shape index (κ2) is 6.84. The molecule has 1 aliphatic heterocycles. The van der Waals surface area contributed by atoms with Crippen molar-refractivity contribution < 1.29 is 10.1 Å². The van der Waals surface area contributed by atoms with Gasteiger partial charge in [-0.25, -0.2) is 0 Å². The van der Waals surface area contributed by atoms with Gasteiger partial charge in [0.25, 0.3) is 0 Å². The number of para-hydroxylation sites is 1. The lowest BCUT2D eigenvalue weighted by molar-refractivity contribution is -0.718. The summed E-state index contributed by atoms with van der Waals surface area (Å²) in [4.78, 5) is 12.3. The Balaban J connectivity index is 1.77. The van der Waals surface area contributed by atoms with Gasteiger partial charge in [0.05, 0.1) is 11.7 Å². The van der Waals surface area contributed by atoms with Crippen LogP contribution in [0.5, 0.6) is 0 Å². The highest BCUT2D eigenvalue weighted by atomic mass is 16.2. The van der Waals surface area contributed by atoms with Crippen molar-refractivity contribution in [3.05, 3.63) is 66.2 Å². The molecule has 2 aromatic carbocycles. The Labute approximate surface area is 137 Å². The monoisotopic (exact) mass is 310 g/mol. The van der Waals surface area contributed by atoms with Crippen LogP contribution in [0.25, 0.3) is 0 Å². The number of carbonyl (C=O) groups excluding carboxylic acids is 1. The highest BCUT2D eigenvalue weighted by Gasteiger charge is 2.41. The fourth-order valence-corrected chi connectivity index (χ4v) is 3.35. The lowest BCUT2D eigenvalue weighted by Gasteiger charge is -2.33. The summed E-state index contributed by atoms with van der Waals surface area (Å²) in [5.41, 5.74) is 2.35. The summed E-state index contributed by atoms with van der Waals surface area (Å²) in [5, 5.41) is 6.30. The van der Waals surface area contributed by atoms with Gasteiger partial charge in [0, 0.05) is 18.9 Å². The first kappa shape index (κ1) is 15.6. The number of benzene rings is 2. The number of rotatable bonds is 4. The normalized spacial score (nSPS) is 20.8. The minimum Gasteiger partial charge on any atom is -0.321 e. The van der Waals surface area contributed by atoms with Crippen LogP contribution in [-0.4, -0.2) is 23.1 Å². The van der Waals surface area contributed by atoms with Gasteiger partial charge < -0.3 is 5.32 Å². The third-order valence-electron chi connectivity index (χ3n) is 4.36. The first-order chi connectivity index (χ1) is 11.2. The molecule has 23 heavy (non-hydrogen) atoms. The molecule has 1 amide bonds. The summed E-state index contributed by atoms with van der Waals surface area (Å²) >= 11 is 0. The number of amides is 1. The summed E-state index contributed by atoms with van der Waals surface area (Å²) < 4.78 is 0. The largest absolute Gasteiger partial charge is 0.321 e. The molecule has 0 bridgehead atoms. The summed E-state index contributed by atoms with van der Waals surface area (Å²) in [6.45, 7) is 4.71. The Hall–Kier alpha value is -2.33. The fraction of sp³-hybridized carbons (Fsp3) is 0.316. The van der Waals surface area contributed by atoms with Gasteiger partial charge in [0.1, 0.15) is 6.54 Å². The van der Waals surface area contributed by atoms with Crippen LogP contribution in [-0.2, 0) is 11.3 Å². The predicted molar refractivity (Wildman–Crippen MR) is 91.4 cm³/mol. The van der Waals surface area contributed by atoms with Crippen LogP contribution < -0.4 is 10.3 Å². The molecular weight excluding hydrogens is 286 g/mol. The average molecular weight is 310 g/mol. The zero-order chi connectivity index (χ0) is 16.2. The molecule has 4 nitrogen and oxygen atoms in total. The van der Waals surface area contributed by atoms with Crippen LogP contribution in [0.1, 0.15) is 25.8 Å². The fourth-order valence-electron chi connectivity index (χ4n) is 3.35. The third-order valence-corrected chi connectivity index (χ3v) is 4.36. The maximum Gasteiger partial charge on any atom is 0.242 e. The molecule has 1 fully saturated rings. The molecule has 0 aromatic heterocycles. The zero-order valence-corrected chi connectivity index (χ0v) is 13.7. The van der Waals surface area contributed by atoms with E-state index >= 15 is 0 Å². The van der Waals surface area contributed by atoms with Crippen molar-refractivity contribution in [3.8, 4) is 0 Å². The first-order valence-electron chi connectivity index (χ1n) is 8.18. The smallest absolute Gasteiger partial charge is 0.242 e. The SMILES string of the molecule is CC(=O)N1[C@@H]([NH2+]Cc2ccccc2)C[C@@H](C)N1c1ccccc1. The molecule has 1 saturated heterocycles. The summed E-state index contributed by atoms with van der Waals surface area (Å²) in [6.07, 6.45) is 1.10. The Bertz CT molecular complexity index is 644. The van der Waals surface area contributed by atoms with E-state index in [1.54, 1.807) is 6.92 Å². The van der Waals surface area contributed by atoms with Crippen molar-refractivity contribution in [1.82, 2.24) is 5.01 Å². The van der Waals surface area contributed by atoms with Gasteiger partial charge in [-0.3, -0.25) is 9.80 Å². The van der Waals surface area contributed by atoms with Crippen molar-refractivity contribution in [2.45, 2.75) is 39.0 Å². The molecule has 2 N–H and O–H groups in total. The van der Waals surface area contributed by atoms with Gasteiger partial charge in [-0.1, -0.05) is 48.5 Å². The second-order valence-electron chi connectivity index (χ2n) is 6.12. The Kier molecular flexibility index (Phi) is 4.63. The molecule has 0 radical (unpaired) electrons. The average Bonchev–Trinajstić information content (AvgIpc) is 2.91. The number of nitrogens with zero attached hydrogens (tertiary/aromatic N) is 2. The molecule has 4 heteroatoms. The van der Waals surface area contributed by atoms with E-state index in [4.69, 9.17) is 0 Å². The minimum absolute atomic E-state index is 0.0903. The van der Waals surface area contributed by atoms with Crippen molar-refractivity contribution >= 4 is 11.6 Å². The van der Waals surface area contributed by atoms with E-state index in [1.165, 1.54) is 5.56 Å². The zero-order valence-electron chi connectivity index (χ0n) is 13.7. The van der Waals surface area contributed by atoms with Crippen LogP contribution >= 0.6 is 0 Å². The van der Waals surface area contributed by atoms with Crippen LogP contribution in [0.3, 0.4) is 0 Å². The maximum absolute atomic E-state index is 12.3. The minimum atomic E-state index is 0.0903. The number of nitrogens with two attached hydrogens (primary N) is 1. The number of hydrazine groups is 1. The predicted octanol–water partition coefficient (Wildman–Crippen LogP) is 2.14. The number of hydrogen-bond acceptors (Lipinski definition) is 2. The first-order valence-corrected chi connectivity index (χ1v) is 8.18. The molecule has 1 aliphatic rings. The van der Waals surface area contributed by atoms with Crippen molar-refractivity contribution in [1.29, 1.82) is 0 Å². The molecular formula is C19H24N3O+. The highest BCUT2D eigenvalue weighted by molar-refractivity contribution is 5.76. The van der Waals surface area contributed by atoms with Gasteiger partial charge in [-0.2, -0.15) is 5.01 Å². The van der Waals surface area contributed by atoms with Gasteiger partial charge in [0.2, 0.25) is 5.91 Å². The summed E-state index contributed by atoms with van der Waals surface area (Å²) in [7, 11) is 0. The van der Waals surface area contributed by atoms with Crippen molar-refractivity contribution in [2.75, 3.05) is 5.01 Å². The molecule has 2 aromatic rings. The van der Waals surface area contributed by atoms with Gasteiger partial charge in [-0.05, 0) is 19.1 Å². The second-order valence-corrected chi connectivity index (χ2v) is 6.12. The van der Waals surface area contributed by atoms with E-state index in [0.29, 0.717) is 6.04 Å². The van der Waals surface area contributed by atoms with Gasteiger partial charge >= 0.3 is 0 Å². The van der Waals surface area contributed by atoms with E-state index in [-0.39, 0.29) is 12.1 Å². The topological polar surface area (TPSA) is 40.2 Å². The Morgan fingerprint density at radius 1 is 1.09 bits per heavy atom. The van der Waals surface area contributed by atoms with Crippen LogP contribution in [0, 0.1) is 0 Å². The van der Waals surface area contributed by atoms with E-state index in [1.807, 2.05) is 29.3 Å².